The van der Waals surface area contributed by atoms with E-state index < -0.39 is 12.1 Å². The van der Waals surface area contributed by atoms with Gasteiger partial charge in [-0.1, -0.05) is 365 Å². The highest BCUT2D eigenvalue weighted by molar-refractivity contribution is 5.76. The number of amides is 1. The van der Waals surface area contributed by atoms with Crippen LogP contribution in [0.2, 0.25) is 0 Å². The van der Waals surface area contributed by atoms with E-state index in [0.717, 1.165) is 38.5 Å². The van der Waals surface area contributed by atoms with Crippen molar-refractivity contribution >= 4 is 11.9 Å². The van der Waals surface area contributed by atoms with Crippen LogP contribution < -0.4 is 5.32 Å². The molecule has 0 fully saturated rings. The molecule has 84 heavy (non-hydrogen) atoms. The predicted molar refractivity (Wildman–Crippen MR) is 370 cm³/mol. The van der Waals surface area contributed by atoms with Crippen LogP contribution in [0.3, 0.4) is 0 Å². The second-order valence-corrected chi connectivity index (χ2v) is 26.3. The van der Waals surface area contributed by atoms with Gasteiger partial charge in [-0.05, 0) is 83.5 Å². The van der Waals surface area contributed by atoms with Crippen molar-refractivity contribution in [1.82, 2.24) is 5.32 Å². The first-order chi connectivity index (χ1) is 41.5. The standard InChI is InChI=1S/C78H149NO5/c1-3-5-7-9-11-13-15-16-17-18-43-46-49-52-56-60-64-68-72-78(83)84-73-69-65-61-57-53-50-47-44-41-39-37-35-33-31-29-27-25-23-21-19-20-22-24-26-28-30-32-34-36-38-40-42-45-48-51-55-59-63-67-71-77(82)79-75(74-80)76(81)70-66-62-58-54-14-12-10-8-6-4-2/h17-20,66,70,75-76,80-81H,3-16,21-65,67-69,71-74H2,1-2H3,(H,79,82)/b18-17-,20-19-,70-66+. The molecule has 496 valence electrons. The van der Waals surface area contributed by atoms with Crippen LogP contribution in [0.1, 0.15) is 425 Å². The molecule has 0 aliphatic rings. The molecule has 1 amide bonds. The van der Waals surface area contributed by atoms with Crippen LogP contribution in [0.15, 0.2) is 36.5 Å². The van der Waals surface area contributed by atoms with Gasteiger partial charge in [-0.15, -0.1) is 0 Å². The lowest BCUT2D eigenvalue weighted by Crippen LogP contribution is -2.45. The van der Waals surface area contributed by atoms with Crippen LogP contribution in [-0.2, 0) is 14.3 Å². The minimum absolute atomic E-state index is 0.0199. The number of carbonyl (C=O) groups excluding carboxylic acids is 2. The molecular formula is C78H149NO5. The zero-order chi connectivity index (χ0) is 60.6. The van der Waals surface area contributed by atoms with Gasteiger partial charge in [0.15, 0.2) is 0 Å². The Hall–Kier alpha value is -1.92. The van der Waals surface area contributed by atoms with Gasteiger partial charge in [-0.25, -0.2) is 0 Å². The van der Waals surface area contributed by atoms with E-state index in [2.05, 4.69) is 43.5 Å². The van der Waals surface area contributed by atoms with Gasteiger partial charge >= 0.3 is 5.97 Å². The summed E-state index contributed by atoms with van der Waals surface area (Å²) in [6.07, 6.45) is 95.7. The molecule has 0 aliphatic heterocycles. The van der Waals surface area contributed by atoms with Crippen molar-refractivity contribution in [2.24, 2.45) is 0 Å². The number of nitrogens with one attached hydrogen (secondary N) is 1. The van der Waals surface area contributed by atoms with Crippen LogP contribution in [0, 0.1) is 0 Å². The molecule has 0 aromatic carbocycles. The van der Waals surface area contributed by atoms with Gasteiger partial charge in [-0.3, -0.25) is 9.59 Å². The first kappa shape index (κ1) is 82.1. The quantitative estimate of drug-likeness (QED) is 0.0320. The maximum atomic E-state index is 12.4. The van der Waals surface area contributed by atoms with Gasteiger partial charge in [0.05, 0.1) is 25.4 Å². The number of carbonyl (C=O) groups is 2. The average molecular weight is 1180 g/mol. The monoisotopic (exact) mass is 1180 g/mol. The Morgan fingerprint density at radius 3 is 0.845 bits per heavy atom. The molecule has 0 aliphatic carbocycles. The number of aliphatic hydroxyl groups is 2. The first-order valence-electron chi connectivity index (χ1n) is 38.3. The van der Waals surface area contributed by atoms with E-state index in [1.165, 1.54) is 360 Å². The Labute approximate surface area is 525 Å². The molecule has 0 saturated heterocycles. The van der Waals surface area contributed by atoms with E-state index >= 15 is 0 Å². The molecular weight excluding hydrogens is 1030 g/mol. The molecule has 3 N–H and O–H groups in total. The zero-order valence-electron chi connectivity index (χ0n) is 56.9. The number of ether oxygens (including phenoxy) is 1. The minimum atomic E-state index is -0.839. The lowest BCUT2D eigenvalue weighted by molar-refractivity contribution is -0.143. The number of allylic oxidation sites excluding steroid dienone is 5. The third-order valence-electron chi connectivity index (χ3n) is 17.9. The molecule has 0 spiro atoms. The molecule has 0 saturated carbocycles. The molecule has 0 aromatic heterocycles. The van der Waals surface area contributed by atoms with E-state index in [1.54, 1.807) is 6.08 Å². The number of aliphatic hydroxyl groups excluding tert-OH is 2. The summed E-state index contributed by atoms with van der Waals surface area (Å²) >= 11 is 0. The highest BCUT2D eigenvalue weighted by Crippen LogP contribution is 2.19. The lowest BCUT2D eigenvalue weighted by Gasteiger charge is -2.20. The van der Waals surface area contributed by atoms with E-state index in [1.807, 2.05) is 6.08 Å². The number of hydrogen-bond donors (Lipinski definition) is 3. The van der Waals surface area contributed by atoms with Crippen molar-refractivity contribution < 1.29 is 24.5 Å². The Bertz CT molecular complexity index is 1360. The zero-order valence-corrected chi connectivity index (χ0v) is 56.9. The largest absolute Gasteiger partial charge is 0.466 e. The fourth-order valence-electron chi connectivity index (χ4n) is 12.0. The van der Waals surface area contributed by atoms with Crippen LogP contribution >= 0.6 is 0 Å². The topological polar surface area (TPSA) is 95.9 Å². The Kier molecular flexibility index (Phi) is 71.9. The van der Waals surface area contributed by atoms with Crippen molar-refractivity contribution in [1.29, 1.82) is 0 Å². The normalized spacial score (nSPS) is 12.7. The van der Waals surface area contributed by atoms with Gasteiger partial charge in [0.1, 0.15) is 0 Å². The fraction of sp³-hybridized carbons (Fsp3) is 0.897. The molecule has 0 heterocycles. The summed E-state index contributed by atoms with van der Waals surface area (Å²) in [6, 6.07) is -0.623. The SMILES string of the molecule is CCCCCCCCC/C=C\CCCCCCCCCC(=O)OCCCCCCCCCCCCCCCCCCCC/C=C\CCCCCCCCCCCCCCCCCCCC(=O)NC(CO)C(O)/C=C/CCCCCCCCCC. The van der Waals surface area contributed by atoms with Crippen molar-refractivity contribution in [3.63, 3.8) is 0 Å². The summed E-state index contributed by atoms with van der Waals surface area (Å²) in [7, 11) is 0. The number of unbranched alkanes of at least 4 members (excludes halogenated alkanes) is 57. The van der Waals surface area contributed by atoms with E-state index in [4.69, 9.17) is 4.74 Å². The van der Waals surface area contributed by atoms with E-state index in [9.17, 15) is 19.8 Å². The predicted octanol–water partition coefficient (Wildman–Crippen LogP) is 25.0. The molecule has 2 atom stereocenters. The van der Waals surface area contributed by atoms with Gasteiger partial charge in [-0.2, -0.15) is 0 Å². The minimum Gasteiger partial charge on any atom is -0.466 e. The summed E-state index contributed by atoms with van der Waals surface area (Å²) in [5, 5.41) is 23.0. The average Bonchev–Trinajstić information content (AvgIpc) is 3.51. The molecule has 0 radical (unpaired) electrons. The van der Waals surface area contributed by atoms with Gasteiger partial charge < -0.3 is 20.3 Å². The molecule has 0 rings (SSSR count). The Balaban J connectivity index is 3.30. The molecule has 0 bridgehead atoms. The number of rotatable bonds is 72. The van der Waals surface area contributed by atoms with Crippen LogP contribution in [-0.4, -0.2) is 47.4 Å². The van der Waals surface area contributed by atoms with Crippen molar-refractivity contribution in [3.05, 3.63) is 36.5 Å². The maximum absolute atomic E-state index is 12.4. The van der Waals surface area contributed by atoms with Crippen molar-refractivity contribution in [2.45, 2.75) is 437 Å². The smallest absolute Gasteiger partial charge is 0.305 e. The van der Waals surface area contributed by atoms with Gasteiger partial charge in [0, 0.05) is 12.8 Å². The van der Waals surface area contributed by atoms with Crippen LogP contribution in [0.4, 0.5) is 0 Å². The molecule has 6 heteroatoms. The summed E-state index contributed by atoms with van der Waals surface area (Å²) < 4.78 is 5.51. The Morgan fingerprint density at radius 2 is 0.560 bits per heavy atom. The first-order valence-corrected chi connectivity index (χ1v) is 38.3. The summed E-state index contributed by atoms with van der Waals surface area (Å²) in [4.78, 5) is 24.5. The van der Waals surface area contributed by atoms with Gasteiger partial charge in [0.2, 0.25) is 5.91 Å². The third-order valence-corrected chi connectivity index (χ3v) is 17.9. The highest BCUT2D eigenvalue weighted by atomic mass is 16.5. The lowest BCUT2D eigenvalue weighted by atomic mass is 10.0. The summed E-state index contributed by atoms with van der Waals surface area (Å²) in [5.74, 6) is -0.0441. The van der Waals surface area contributed by atoms with Gasteiger partial charge in [0.25, 0.3) is 0 Å². The van der Waals surface area contributed by atoms with Crippen LogP contribution in [0.5, 0.6) is 0 Å². The number of esters is 1. The fourth-order valence-corrected chi connectivity index (χ4v) is 12.0. The molecule has 2 unspecified atom stereocenters. The van der Waals surface area contributed by atoms with Crippen molar-refractivity contribution in [2.75, 3.05) is 13.2 Å². The maximum Gasteiger partial charge on any atom is 0.305 e. The van der Waals surface area contributed by atoms with E-state index in [0.29, 0.717) is 19.4 Å². The summed E-state index contributed by atoms with van der Waals surface area (Å²) in [5.41, 5.74) is 0. The van der Waals surface area contributed by atoms with E-state index in [-0.39, 0.29) is 18.5 Å². The second-order valence-electron chi connectivity index (χ2n) is 26.3. The van der Waals surface area contributed by atoms with Crippen LogP contribution in [0.25, 0.3) is 0 Å². The summed E-state index contributed by atoms with van der Waals surface area (Å²) in [6.45, 7) is 4.91. The van der Waals surface area contributed by atoms with Crippen molar-refractivity contribution in [3.8, 4) is 0 Å². The highest BCUT2D eigenvalue weighted by Gasteiger charge is 2.18. The number of hydrogen-bond acceptors (Lipinski definition) is 5. The third kappa shape index (κ3) is 69.2. The Morgan fingerprint density at radius 1 is 0.321 bits per heavy atom. The second kappa shape index (κ2) is 73.5. The molecule has 6 nitrogen and oxygen atoms in total. The molecule has 0 aromatic rings.